The van der Waals surface area contributed by atoms with Crippen molar-refractivity contribution in [3.8, 4) is 17.0 Å². The zero-order chi connectivity index (χ0) is 21.1. The van der Waals surface area contributed by atoms with E-state index in [9.17, 15) is 4.79 Å². The molecule has 0 unspecified atom stereocenters. The molecule has 0 aliphatic carbocycles. The number of methoxy groups -OCH3 is 1. The summed E-state index contributed by atoms with van der Waals surface area (Å²) < 4.78 is 9.11. The number of fused-ring (bicyclic) bond motifs is 6. The summed E-state index contributed by atoms with van der Waals surface area (Å²) in [6.07, 6.45) is 6.27. The van der Waals surface area contributed by atoms with Gasteiger partial charge in [0, 0.05) is 49.1 Å². The maximum Gasteiger partial charge on any atom is 0.272 e. The summed E-state index contributed by atoms with van der Waals surface area (Å²) in [4.78, 5) is 20.0. The van der Waals surface area contributed by atoms with Gasteiger partial charge < -0.3 is 9.64 Å². The van der Waals surface area contributed by atoms with Crippen LogP contribution in [0.5, 0.6) is 5.75 Å². The fraction of sp³-hybridized carbons (Fsp3) is 0.304. The highest BCUT2D eigenvalue weighted by Crippen LogP contribution is 2.44. The predicted octanol–water partition coefficient (Wildman–Crippen LogP) is 3.04. The molecule has 1 fully saturated rings. The minimum absolute atomic E-state index is 0.0203. The summed E-state index contributed by atoms with van der Waals surface area (Å²) >= 11 is 0. The second kappa shape index (κ2) is 6.66. The second-order valence-electron chi connectivity index (χ2n) is 8.16. The molecule has 8 heteroatoms. The number of hydrogen-bond donors (Lipinski definition) is 0. The van der Waals surface area contributed by atoms with E-state index < -0.39 is 0 Å². The molecule has 2 bridgehead atoms. The minimum atomic E-state index is 0.0203. The smallest absolute Gasteiger partial charge is 0.272 e. The van der Waals surface area contributed by atoms with E-state index in [-0.39, 0.29) is 18.0 Å². The fourth-order valence-electron chi connectivity index (χ4n) is 5.10. The monoisotopic (exact) mass is 414 g/mol. The fourth-order valence-corrected chi connectivity index (χ4v) is 5.10. The van der Waals surface area contributed by atoms with Crippen LogP contribution in [0.3, 0.4) is 0 Å². The molecule has 0 N–H and O–H groups in total. The van der Waals surface area contributed by atoms with E-state index in [4.69, 9.17) is 14.8 Å². The van der Waals surface area contributed by atoms with Crippen LogP contribution in [0, 0.1) is 0 Å². The lowest BCUT2D eigenvalue weighted by Gasteiger charge is -2.36. The van der Waals surface area contributed by atoms with Crippen LogP contribution in [0.2, 0.25) is 0 Å². The quantitative estimate of drug-likeness (QED) is 0.515. The molecule has 2 aliphatic rings. The third kappa shape index (κ3) is 2.60. The Morgan fingerprint density at radius 3 is 2.87 bits per heavy atom. The Morgan fingerprint density at radius 2 is 2.06 bits per heavy atom. The van der Waals surface area contributed by atoms with Gasteiger partial charge in [-0.3, -0.25) is 9.48 Å². The molecule has 8 nitrogen and oxygen atoms in total. The lowest BCUT2D eigenvalue weighted by atomic mass is 9.98. The van der Waals surface area contributed by atoms with Gasteiger partial charge in [-0.05, 0) is 31.0 Å². The molecule has 5 heterocycles. The third-order valence-corrected chi connectivity index (χ3v) is 6.56. The van der Waals surface area contributed by atoms with Crippen LogP contribution in [0.1, 0.15) is 40.6 Å². The van der Waals surface area contributed by atoms with Gasteiger partial charge in [0.15, 0.2) is 5.65 Å². The molecule has 4 aromatic rings. The van der Waals surface area contributed by atoms with Gasteiger partial charge in [-0.15, -0.1) is 0 Å². The SMILES string of the molecule is COc1ccccc1-c1cc2ncc3c(n2n1)C[C@@H]1CC[C@@H]3N1C(=O)c1ccnn1C. The first-order valence-electron chi connectivity index (χ1n) is 10.5. The lowest BCUT2D eigenvalue weighted by Crippen LogP contribution is -2.43. The highest BCUT2D eigenvalue weighted by atomic mass is 16.5. The molecule has 1 aromatic carbocycles. The number of carbonyl (C=O) groups is 1. The summed E-state index contributed by atoms with van der Waals surface area (Å²) in [7, 11) is 3.47. The molecule has 2 atom stereocenters. The van der Waals surface area contributed by atoms with Crippen molar-refractivity contribution in [1.82, 2.24) is 29.3 Å². The molecule has 3 aromatic heterocycles. The van der Waals surface area contributed by atoms with Crippen molar-refractivity contribution in [2.45, 2.75) is 31.3 Å². The van der Waals surface area contributed by atoms with E-state index in [0.717, 1.165) is 53.2 Å². The number of rotatable bonds is 3. The van der Waals surface area contributed by atoms with E-state index in [0.29, 0.717) is 5.69 Å². The van der Waals surface area contributed by atoms with Crippen molar-refractivity contribution < 1.29 is 9.53 Å². The minimum Gasteiger partial charge on any atom is -0.496 e. The van der Waals surface area contributed by atoms with Crippen molar-refractivity contribution >= 4 is 11.6 Å². The normalized spacial score (nSPS) is 19.6. The first-order valence-corrected chi connectivity index (χ1v) is 10.5. The highest BCUT2D eigenvalue weighted by Gasteiger charge is 2.44. The summed E-state index contributed by atoms with van der Waals surface area (Å²) in [5, 5.41) is 9.06. The van der Waals surface area contributed by atoms with Gasteiger partial charge in [0.05, 0.1) is 24.5 Å². The van der Waals surface area contributed by atoms with Gasteiger partial charge >= 0.3 is 0 Å². The van der Waals surface area contributed by atoms with Gasteiger partial charge in [0.2, 0.25) is 0 Å². The van der Waals surface area contributed by atoms with E-state index >= 15 is 0 Å². The van der Waals surface area contributed by atoms with E-state index in [1.807, 2.05) is 45.9 Å². The number of amides is 1. The Kier molecular flexibility index (Phi) is 3.89. The molecule has 156 valence electrons. The van der Waals surface area contributed by atoms with Crippen LogP contribution in [0.4, 0.5) is 0 Å². The number of hydrogen-bond acceptors (Lipinski definition) is 5. The standard InChI is InChI=1S/C23H22N6O2/c1-27-19(9-10-25-27)23(30)28-14-7-8-18(28)16-13-24-22-12-17(26-29(22)20(16)11-14)15-5-3-4-6-21(15)31-2/h3-6,9-10,12-14,18H,7-8,11H2,1-2H3/t14-,18-/m0/s1. The van der Waals surface area contributed by atoms with E-state index in [1.165, 1.54) is 0 Å². The molecular formula is C23H22N6O2. The Bertz CT molecular complexity index is 1320. The van der Waals surface area contributed by atoms with E-state index in [1.54, 1.807) is 31.1 Å². The maximum absolute atomic E-state index is 13.3. The van der Waals surface area contributed by atoms with Crippen LogP contribution in [0.25, 0.3) is 16.9 Å². The van der Waals surface area contributed by atoms with Gasteiger partial charge in [-0.25, -0.2) is 9.50 Å². The Balaban J connectivity index is 1.44. The van der Waals surface area contributed by atoms with Crippen LogP contribution < -0.4 is 4.74 Å². The second-order valence-corrected chi connectivity index (χ2v) is 8.16. The summed E-state index contributed by atoms with van der Waals surface area (Å²) in [6.45, 7) is 0. The number of nitrogens with zero attached hydrogens (tertiary/aromatic N) is 6. The van der Waals surface area contributed by atoms with Crippen molar-refractivity contribution in [2.75, 3.05) is 7.11 Å². The van der Waals surface area contributed by atoms with E-state index in [2.05, 4.69) is 5.10 Å². The van der Waals surface area contributed by atoms with Crippen molar-refractivity contribution in [1.29, 1.82) is 0 Å². The summed E-state index contributed by atoms with van der Waals surface area (Å²) in [5.41, 5.74) is 5.44. The van der Waals surface area contributed by atoms with Crippen LogP contribution in [-0.4, -0.2) is 48.3 Å². The molecule has 0 saturated carbocycles. The zero-order valence-corrected chi connectivity index (χ0v) is 17.4. The van der Waals surface area contributed by atoms with Gasteiger partial charge in [0.1, 0.15) is 11.4 Å². The van der Waals surface area contributed by atoms with Crippen molar-refractivity contribution in [3.05, 3.63) is 65.7 Å². The number of aryl methyl sites for hydroxylation is 1. The number of para-hydroxylation sites is 1. The Hall–Kier alpha value is -3.68. The Morgan fingerprint density at radius 1 is 1.19 bits per heavy atom. The number of ether oxygens (including phenoxy) is 1. The molecule has 2 aliphatic heterocycles. The van der Waals surface area contributed by atoms with Crippen LogP contribution in [0.15, 0.2) is 48.8 Å². The van der Waals surface area contributed by atoms with Crippen LogP contribution in [-0.2, 0) is 13.5 Å². The molecule has 1 saturated heterocycles. The van der Waals surface area contributed by atoms with Crippen LogP contribution >= 0.6 is 0 Å². The highest BCUT2D eigenvalue weighted by molar-refractivity contribution is 5.93. The van der Waals surface area contributed by atoms with Crippen molar-refractivity contribution in [3.63, 3.8) is 0 Å². The first-order chi connectivity index (χ1) is 15.2. The van der Waals surface area contributed by atoms with Gasteiger partial charge in [0.25, 0.3) is 5.91 Å². The summed E-state index contributed by atoms with van der Waals surface area (Å²) in [5.74, 6) is 0.821. The van der Waals surface area contributed by atoms with Crippen molar-refractivity contribution in [2.24, 2.45) is 7.05 Å². The molecule has 0 radical (unpaired) electrons. The maximum atomic E-state index is 13.3. The average molecular weight is 414 g/mol. The van der Waals surface area contributed by atoms with Gasteiger partial charge in [-0.1, -0.05) is 12.1 Å². The largest absolute Gasteiger partial charge is 0.496 e. The Labute approximate surface area is 179 Å². The van der Waals surface area contributed by atoms with Gasteiger partial charge in [-0.2, -0.15) is 10.2 Å². The molecular weight excluding hydrogens is 392 g/mol. The number of benzene rings is 1. The first kappa shape index (κ1) is 18.1. The number of aromatic nitrogens is 5. The number of carbonyl (C=O) groups excluding carboxylic acids is 1. The molecule has 0 spiro atoms. The zero-order valence-electron chi connectivity index (χ0n) is 17.4. The average Bonchev–Trinajstić information content (AvgIpc) is 3.50. The third-order valence-electron chi connectivity index (χ3n) is 6.56. The molecule has 1 amide bonds. The lowest BCUT2D eigenvalue weighted by molar-refractivity contribution is 0.0631. The summed E-state index contributed by atoms with van der Waals surface area (Å²) in [6, 6.07) is 11.8. The molecule has 6 rings (SSSR count). The topological polar surface area (TPSA) is 77.6 Å². The predicted molar refractivity (Wildman–Crippen MR) is 114 cm³/mol. The molecule has 31 heavy (non-hydrogen) atoms.